The monoisotopic (exact) mass is 195 g/mol. The fourth-order valence-corrected chi connectivity index (χ4v) is 1.43. The molecule has 0 aromatic carbocycles. The third kappa shape index (κ3) is 2.05. The van der Waals surface area contributed by atoms with Crippen LogP contribution in [0.5, 0.6) is 0 Å². The second kappa shape index (κ2) is 3.59. The third-order valence-corrected chi connectivity index (χ3v) is 2.54. The van der Waals surface area contributed by atoms with Gasteiger partial charge in [0.1, 0.15) is 0 Å². The van der Waals surface area contributed by atoms with Gasteiger partial charge in [0.25, 0.3) is 0 Å². The van der Waals surface area contributed by atoms with E-state index in [1.807, 2.05) is 0 Å². The molecule has 1 saturated carbocycles. The average Bonchev–Trinajstić information content (AvgIpc) is 2.68. The molecule has 0 bridgehead atoms. The van der Waals surface area contributed by atoms with E-state index in [-0.39, 0.29) is 0 Å². The van der Waals surface area contributed by atoms with E-state index in [4.69, 9.17) is 4.52 Å². The lowest BCUT2D eigenvalue weighted by atomic mass is 10.2. The summed E-state index contributed by atoms with van der Waals surface area (Å²) in [5, 5.41) is 7.08. The van der Waals surface area contributed by atoms with Crippen molar-refractivity contribution in [3.63, 3.8) is 0 Å². The molecule has 1 fully saturated rings. The first kappa shape index (κ1) is 9.49. The average molecular weight is 195 g/mol. The third-order valence-electron chi connectivity index (χ3n) is 2.54. The first-order valence-electron chi connectivity index (χ1n) is 5.24. The minimum Gasteiger partial charge on any atom is -0.338 e. The maximum absolute atomic E-state index is 5.09. The van der Waals surface area contributed by atoms with E-state index in [9.17, 15) is 0 Å². The highest BCUT2D eigenvalue weighted by Gasteiger charge is 2.38. The van der Waals surface area contributed by atoms with Gasteiger partial charge < -0.3 is 9.84 Å². The Kier molecular flexibility index (Phi) is 2.44. The largest absolute Gasteiger partial charge is 0.338 e. The van der Waals surface area contributed by atoms with Gasteiger partial charge in [-0.25, -0.2) is 0 Å². The van der Waals surface area contributed by atoms with Gasteiger partial charge in [-0.15, -0.1) is 0 Å². The summed E-state index contributed by atoms with van der Waals surface area (Å²) in [7, 11) is 0. The van der Waals surface area contributed by atoms with Crippen LogP contribution < -0.4 is 5.32 Å². The molecule has 14 heavy (non-hydrogen) atoms. The molecule has 2 atom stereocenters. The SMILES string of the molecule is CC(C)CNc1nc(C2CC2C)no1. The molecule has 0 amide bonds. The summed E-state index contributed by atoms with van der Waals surface area (Å²) < 4.78 is 5.09. The standard InChI is InChI=1S/C10H17N3O/c1-6(2)5-11-10-12-9(13-14-10)8-4-7(8)3/h6-8H,4-5H2,1-3H3,(H,11,12,13). The topological polar surface area (TPSA) is 51.0 Å². The number of anilines is 1. The van der Waals surface area contributed by atoms with Gasteiger partial charge in [0.15, 0.2) is 5.82 Å². The van der Waals surface area contributed by atoms with E-state index in [2.05, 4.69) is 36.2 Å². The molecule has 1 aromatic heterocycles. The zero-order valence-corrected chi connectivity index (χ0v) is 8.95. The Hall–Kier alpha value is -1.06. The van der Waals surface area contributed by atoms with Crippen LogP contribution in [-0.2, 0) is 0 Å². The lowest BCUT2D eigenvalue weighted by Crippen LogP contribution is -2.07. The van der Waals surface area contributed by atoms with E-state index < -0.39 is 0 Å². The summed E-state index contributed by atoms with van der Waals surface area (Å²) in [5.74, 6) is 2.72. The van der Waals surface area contributed by atoms with Gasteiger partial charge in [-0.2, -0.15) is 4.98 Å². The molecular formula is C10H17N3O. The van der Waals surface area contributed by atoms with Gasteiger partial charge in [-0.3, -0.25) is 0 Å². The highest BCUT2D eigenvalue weighted by molar-refractivity contribution is 5.21. The van der Waals surface area contributed by atoms with Crippen molar-refractivity contribution in [2.45, 2.75) is 33.1 Å². The van der Waals surface area contributed by atoms with Crippen molar-refractivity contribution in [2.75, 3.05) is 11.9 Å². The van der Waals surface area contributed by atoms with Gasteiger partial charge in [0.05, 0.1) is 0 Å². The fraction of sp³-hybridized carbons (Fsp3) is 0.800. The van der Waals surface area contributed by atoms with E-state index in [0.717, 1.165) is 18.3 Å². The molecule has 1 aliphatic carbocycles. The molecule has 0 aliphatic heterocycles. The van der Waals surface area contributed by atoms with Crippen LogP contribution in [0.1, 0.15) is 38.9 Å². The number of aromatic nitrogens is 2. The molecule has 2 rings (SSSR count). The molecule has 4 heteroatoms. The van der Waals surface area contributed by atoms with E-state index in [0.29, 0.717) is 17.9 Å². The molecule has 2 unspecified atom stereocenters. The van der Waals surface area contributed by atoms with Crippen LogP contribution in [0.15, 0.2) is 4.52 Å². The lowest BCUT2D eigenvalue weighted by Gasteiger charge is -2.02. The second-order valence-corrected chi connectivity index (χ2v) is 4.55. The Balaban J connectivity index is 1.90. The number of hydrogen-bond donors (Lipinski definition) is 1. The molecule has 4 nitrogen and oxygen atoms in total. The minimum absolute atomic E-state index is 0.536. The summed E-state index contributed by atoms with van der Waals surface area (Å²) in [6.45, 7) is 7.38. The second-order valence-electron chi connectivity index (χ2n) is 4.55. The summed E-state index contributed by atoms with van der Waals surface area (Å²) in [6.07, 6.45) is 1.20. The molecule has 0 spiro atoms. The predicted octanol–water partition coefficient (Wildman–Crippen LogP) is 2.26. The maximum atomic E-state index is 5.09. The van der Waals surface area contributed by atoms with E-state index in [1.54, 1.807) is 0 Å². The van der Waals surface area contributed by atoms with Crippen LogP contribution in [0.3, 0.4) is 0 Å². The normalized spacial score (nSPS) is 25.4. The van der Waals surface area contributed by atoms with Crippen LogP contribution >= 0.6 is 0 Å². The number of hydrogen-bond acceptors (Lipinski definition) is 4. The van der Waals surface area contributed by atoms with Crippen molar-refractivity contribution in [2.24, 2.45) is 11.8 Å². The van der Waals surface area contributed by atoms with Crippen LogP contribution in [0.25, 0.3) is 0 Å². The van der Waals surface area contributed by atoms with Crippen molar-refractivity contribution in [3.8, 4) is 0 Å². The summed E-state index contributed by atoms with van der Waals surface area (Å²) in [4.78, 5) is 4.31. The van der Waals surface area contributed by atoms with Crippen molar-refractivity contribution in [1.82, 2.24) is 10.1 Å². The first-order valence-corrected chi connectivity index (χ1v) is 5.24. The van der Waals surface area contributed by atoms with Crippen LogP contribution in [0.2, 0.25) is 0 Å². The highest BCUT2D eigenvalue weighted by Crippen LogP contribution is 2.45. The lowest BCUT2D eigenvalue weighted by molar-refractivity contribution is 0.420. The predicted molar refractivity (Wildman–Crippen MR) is 54.1 cm³/mol. The zero-order valence-electron chi connectivity index (χ0n) is 8.95. The Morgan fingerprint density at radius 2 is 2.29 bits per heavy atom. The van der Waals surface area contributed by atoms with Gasteiger partial charge in [-0.1, -0.05) is 25.9 Å². The molecule has 0 saturated heterocycles. The Morgan fingerprint density at radius 1 is 1.57 bits per heavy atom. The van der Waals surface area contributed by atoms with Crippen LogP contribution in [-0.4, -0.2) is 16.7 Å². The van der Waals surface area contributed by atoms with Crippen LogP contribution in [0.4, 0.5) is 6.01 Å². The summed E-state index contributed by atoms with van der Waals surface area (Å²) >= 11 is 0. The molecule has 1 aromatic rings. The number of rotatable bonds is 4. The summed E-state index contributed by atoms with van der Waals surface area (Å²) in [5.41, 5.74) is 0. The van der Waals surface area contributed by atoms with E-state index in [1.165, 1.54) is 6.42 Å². The Morgan fingerprint density at radius 3 is 2.86 bits per heavy atom. The molecule has 1 heterocycles. The molecule has 0 radical (unpaired) electrons. The van der Waals surface area contributed by atoms with Crippen molar-refractivity contribution < 1.29 is 4.52 Å². The molecule has 78 valence electrons. The zero-order chi connectivity index (χ0) is 10.1. The Bertz CT molecular complexity index is 308. The minimum atomic E-state index is 0.536. The van der Waals surface area contributed by atoms with Crippen molar-refractivity contribution in [1.29, 1.82) is 0 Å². The first-order chi connectivity index (χ1) is 6.66. The van der Waals surface area contributed by atoms with E-state index >= 15 is 0 Å². The van der Waals surface area contributed by atoms with Gasteiger partial charge >= 0.3 is 6.01 Å². The highest BCUT2D eigenvalue weighted by atomic mass is 16.5. The summed E-state index contributed by atoms with van der Waals surface area (Å²) in [6, 6.07) is 0.563. The number of nitrogens with one attached hydrogen (secondary N) is 1. The van der Waals surface area contributed by atoms with Gasteiger partial charge in [0.2, 0.25) is 0 Å². The Labute approximate surface area is 84.1 Å². The molecular weight excluding hydrogens is 178 g/mol. The van der Waals surface area contributed by atoms with Gasteiger partial charge in [-0.05, 0) is 18.3 Å². The fourth-order valence-electron chi connectivity index (χ4n) is 1.43. The maximum Gasteiger partial charge on any atom is 0.321 e. The smallest absolute Gasteiger partial charge is 0.321 e. The number of nitrogens with zero attached hydrogens (tertiary/aromatic N) is 2. The molecule has 1 N–H and O–H groups in total. The quantitative estimate of drug-likeness (QED) is 0.800. The van der Waals surface area contributed by atoms with Gasteiger partial charge in [0, 0.05) is 12.5 Å². The van der Waals surface area contributed by atoms with Crippen molar-refractivity contribution in [3.05, 3.63) is 5.82 Å². The molecule has 1 aliphatic rings. The van der Waals surface area contributed by atoms with Crippen LogP contribution in [0, 0.1) is 11.8 Å². The van der Waals surface area contributed by atoms with Crippen molar-refractivity contribution >= 4 is 6.01 Å².